The van der Waals surface area contributed by atoms with Crippen LogP contribution in [0.3, 0.4) is 0 Å². The Morgan fingerprint density at radius 1 is 1.28 bits per heavy atom. The molecule has 5 heteroatoms. The maximum absolute atomic E-state index is 12.1. The van der Waals surface area contributed by atoms with Crippen LogP contribution in [0.5, 0.6) is 0 Å². The molecule has 4 nitrogen and oxygen atoms in total. The molecule has 0 radical (unpaired) electrons. The molecule has 2 rings (SSSR count). The number of nitrogens with one attached hydrogen (secondary N) is 1. The van der Waals surface area contributed by atoms with E-state index in [1.807, 2.05) is 13.0 Å². The van der Waals surface area contributed by atoms with Crippen molar-refractivity contribution in [2.45, 2.75) is 24.3 Å². The van der Waals surface area contributed by atoms with Crippen LogP contribution in [-0.2, 0) is 10.0 Å². The highest BCUT2D eigenvalue weighted by atomic mass is 32.2. The Bertz CT molecular complexity index is 534. The summed E-state index contributed by atoms with van der Waals surface area (Å²) in [5.41, 5.74) is 1.02. The van der Waals surface area contributed by atoms with Gasteiger partial charge in [0.1, 0.15) is 0 Å². The van der Waals surface area contributed by atoms with E-state index in [0.29, 0.717) is 6.42 Å². The fraction of sp³-hybridized carbons (Fsp3) is 0.385. The van der Waals surface area contributed by atoms with Crippen LogP contribution < -0.4 is 4.72 Å². The second-order valence-corrected chi connectivity index (χ2v) is 6.32. The lowest BCUT2D eigenvalue weighted by atomic mass is 10.1. The molecule has 2 unspecified atom stereocenters. The van der Waals surface area contributed by atoms with E-state index in [0.717, 1.165) is 5.56 Å². The monoisotopic (exact) mass is 267 g/mol. The van der Waals surface area contributed by atoms with Gasteiger partial charge in [-0.15, -0.1) is 0 Å². The minimum atomic E-state index is -3.47. The Hall–Kier alpha value is -1.17. The summed E-state index contributed by atoms with van der Waals surface area (Å²) in [5, 5.41) is 9.00. The molecule has 0 aromatic heterocycles. The summed E-state index contributed by atoms with van der Waals surface area (Å²) in [4.78, 5) is 0.272. The lowest BCUT2D eigenvalue weighted by Gasteiger charge is -2.13. The first-order valence-electron chi connectivity index (χ1n) is 5.89. The average molecular weight is 267 g/mol. The van der Waals surface area contributed by atoms with E-state index in [1.165, 1.54) is 0 Å². The summed E-state index contributed by atoms with van der Waals surface area (Å²) < 4.78 is 26.8. The maximum atomic E-state index is 12.1. The molecule has 0 saturated carbocycles. The first-order valence-corrected chi connectivity index (χ1v) is 7.38. The number of aryl methyl sites for hydroxylation is 1. The predicted molar refractivity (Wildman–Crippen MR) is 69.6 cm³/mol. The highest BCUT2D eigenvalue weighted by Gasteiger charge is 2.23. The van der Waals surface area contributed by atoms with Gasteiger partial charge in [0.15, 0.2) is 0 Å². The third-order valence-electron chi connectivity index (χ3n) is 3.04. The second-order valence-electron chi connectivity index (χ2n) is 4.60. The molecule has 0 aliphatic heterocycles. The van der Waals surface area contributed by atoms with Crippen LogP contribution in [0.25, 0.3) is 0 Å². The zero-order valence-electron chi connectivity index (χ0n) is 10.2. The van der Waals surface area contributed by atoms with Crippen LogP contribution in [0.2, 0.25) is 0 Å². The smallest absolute Gasteiger partial charge is 0.241 e. The third kappa shape index (κ3) is 2.98. The molecule has 0 amide bonds. The number of rotatable bonds is 4. The molecular weight excluding hydrogens is 250 g/mol. The molecule has 0 bridgehead atoms. The molecule has 2 atom stereocenters. The summed E-state index contributed by atoms with van der Waals surface area (Å²) in [6.45, 7) is 1.97. The van der Waals surface area contributed by atoms with Crippen molar-refractivity contribution in [3.05, 3.63) is 42.0 Å². The van der Waals surface area contributed by atoms with Gasteiger partial charge in [-0.1, -0.05) is 29.8 Å². The predicted octanol–water partition coefficient (Wildman–Crippen LogP) is 1.21. The molecule has 18 heavy (non-hydrogen) atoms. The fourth-order valence-electron chi connectivity index (χ4n) is 1.98. The minimum absolute atomic E-state index is 0.0516. The van der Waals surface area contributed by atoms with Crippen molar-refractivity contribution in [1.29, 1.82) is 0 Å². The highest BCUT2D eigenvalue weighted by Crippen LogP contribution is 2.19. The summed E-state index contributed by atoms with van der Waals surface area (Å²) in [6.07, 6.45) is 4.26. The Morgan fingerprint density at radius 3 is 2.50 bits per heavy atom. The van der Waals surface area contributed by atoms with Gasteiger partial charge >= 0.3 is 0 Å². The van der Waals surface area contributed by atoms with Crippen molar-refractivity contribution in [3.63, 3.8) is 0 Å². The lowest BCUT2D eigenvalue weighted by Crippen LogP contribution is -2.32. The Morgan fingerprint density at radius 2 is 1.94 bits per heavy atom. The number of hydrogen-bond donors (Lipinski definition) is 2. The number of hydrogen-bond acceptors (Lipinski definition) is 3. The van der Waals surface area contributed by atoms with Gasteiger partial charge in [-0.3, -0.25) is 0 Å². The molecule has 1 aliphatic rings. The van der Waals surface area contributed by atoms with Crippen LogP contribution in [-0.4, -0.2) is 26.2 Å². The molecule has 1 aromatic rings. The van der Waals surface area contributed by atoms with E-state index in [9.17, 15) is 8.42 Å². The third-order valence-corrected chi connectivity index (χ3v) is 4.55. The van der Waals surface area contributed by atoms with Crippen molar-refractivity contribution in [2.24, 2.45) is 5.92 Å². The first-order chi connectivity index (χ1) is 8.51. The van der Waals surface area contributed by atoms with Gasteiger partial charge in [0.25, 0.3) is 0 Å². The normalized spacial score (nSPS) is 23.4. The molecule has 0 heterocycles. The summed E-state index contributed by atoms with van der Waals surface area (Å²) in [5.74, 6) is 0.0516. The molecular formula is C13H17NO3S. The van der Waals surface area contributed by atoms with E-state index < -0.39 is 10.0 Å². The second kappa shape index (κ2) is 5.22. The standard InChI is InChI=1S/C13H17NO3S/c1-10-2-6-13(7-3-10)18(16,17)14-12-5-4-11(8-12)9-15/h2-7,11-12,14-15H,8-9H2,1H3. The van der Waals surface area contributed by atoms with Gasteiger partial charge in [0.05, 0.1) is 4.90 Å². The van der Waals surface area contributed by atoms with E-state index in [4.69, 9.17) is 5.11 Å². The number of benzene rings is 1. The molecule has 0 spiro atoms. The first kappa shape index (κ1) is 13.3. The number of aliphatic hydroxyl groups is 1. The van der Waals surface area contributed by atoms with E-state index in [-0.39, 0.29) is 23.5 Å². The van der Waals surface area contributed by atoms with Crippen molar-refractivity contribution in [2.75, 3.05) is 6.61 Å². The van der Waals surface area contributed by atoms with Gasteiger partial charge in [-0.25, -0.2) is 13.1 Å². The van der Waals surface area contributed by atoms with Crippen molar-refractivity contribution < 1.29 is 13.5 Å². The highest BCUT2D eigenvalue weighted by molar-refractivity contribution is 7.89. The zero-order valence-corrected chi connectivity index (χ0v) is 11.0. The quantitative estimate of drug-likeness (QED) is 0.806. The average Bonchev–Trinajstić information content (AvgIpc) is 2.76. The van der Waals surface area contributed by atoms with Crippen LogP contribution in [0.15, 0.2) is 41.3 Å². The molecule has 2 N–H and O–H groups in total. The van der Waals surface area contributed by atoms with Crippen molar-refractivity contribution in [1.82, 2.24) is 4.72 Å². The van der Waals surface area contributed by atoms with E-state index in [2.05, 4.69) is 4.72 Å². The van der Waals surface area contributed by atoms with E-state index in [1.54, 1.807) is 30.3 Å². The van der Waals surface area contributed by atoms with E-state index >= 15 is 0 Å². The summed E-state index contributed by atoms with van der Waals surface area (Å²) in [6, 6.07) is 6.51. The van der Waals surface area contributed by atoms with Crippen LogP contribution in [0.1, 0.15) is 12.0 Å². The lowest BCUT2D eigenvalue weighted by molar-refractivity contribution is 0.248. The minimum Gasteiger partial charge on any atom is -0.396 e. The van der Waals surface area contributed by atoms with Gasteiger partial charge in [-0.2, -0.15) is 0 Å². The molecule has 1 aliphatic carbocycles. The van der Waals surface area contributed by atoms with Gasteiger partial charge in [0.2, 0.25) is 10.0 Å². The summed E-state index contributed by atoms with van der Waals surface area (Å²) >= 11 is 0. The largest absolute Gasteiger partial charge is 0.396 e. The molecule has 0 fully saturated rings. The fourth-order valence-corrected chi connectivity index (χ4v) is 3.19. The van der Waals surface area contributed by atoms with Crippen molar-refractivity contribution >= 4 is 10.0 Å². The zero-order chi connectivity index (χ0) is 13.2. The van der Waals surface area contributed by atoms with Crippen LogP contribution in [0.4, 0.5) is 0 Å². The Kier molecular flexibility index (Phi) is 3.85. The Balaban J connectivity index is 2.09. The van der Waals surface area contributed by atoms with Gasteiger partial charge in [0, 0.05) is 18.6 Å². The van der Waals surface area contributed by atoms with Crippen LogP contribution in [0, 0.1) is 12.8 Å². The number of sulfonamides is 1. The molecule has 98 valence electrons. The Labute approximate surface area is 107 Å². The SMILES string of the molecule is Cc1ccc(S(=O)(=O)NC2C=CC(CO)C2)cc1. The maximum Gasteiger partial charge on any atom is 0.241 e. The molecule has 0 saturated heterocycles. The van der Waals surface area contributed by atoms with Crippen molar-refractivity contribution in [3.8, 4) is 0 Å². The number of aliphatic hydroxyl groups excluding tert-OH is 1. The summed E-state index contributed by atoms with van der Waals surface area (Å²) in [7, 11) is -3.47. The van der Waals surface area contributed by atoms with Gasteiger partial charge in [-0.05, 0) is 25.5 Å². The van der Waals surface area contributed by atoms with Crippen LogP contribution >= 0.6 is 0 Å². The molecule has 1 aromatic carbocycles. The topological polar surface area (TPSA) is 66.4 Å². The van der Waals surface area contributed by atoms with Gasteiger partial charge < -0.3 is 5.11 Å².